The van der Waals surface area contributed by atoms with E-state index in [1.807, 2.05) is 70.2 Å². The molecule has 2 aromatic carbocycles. The third-order valence-electron chi connectivity index (χ3n) is 4.40. The summed E-state index contributed by atoms with van der Waals surface area (Å²) in [6.07, 6.45) is 1.58. The van der Waals surface area contributed by atoms with Gasteiger partial charge in [0.05, 0.1) is 12.8 Å². The molecule has 168 valence electrons. The number of H-pyrrole nitrogens is 1. The second-order valence-corrected chi connectivity index (χ2v) is 8.40. The van der Waals surface area contributed by atoms with E-state index in [2.05, 4.69) is 25.7 Å². The molecule has 0 bridgehead atoms. The van der Waals surface area contributed by atoms with Crippen molar-refractivity contribution >= 4 is 23.8 Å². The van der Waals surface area contributed by atoms with Gasteiger partial charge in [-0.3, -0.25) is 9.78 Å². The van der Waals surface area contributed by atoms with Crippen molar-refractivity contribution in [2.24, 2.45) is 5.10 Å². The number of hydrogen-bond donors (Lipinski definition) is 2. The normalized spacial score (nSPS) is 11.5. The van der Waals surface area contributed by atoms with Crippen LogP contribution in [0.3, 0.4) is 0 Å². The van der Waals surface area contributed by atoms with Crippen LogP contribution in [0, 0.1) is 0 Å². The standard InChI is InChI=1S/C23H26ClN5O3/c1-5-31-19-12-15(10-11-18(19)32-14-16-8-6-7-9-17(16)24)13-25-28-22-26-21(30)20(27-29-22)23(2,3)4/h6-13H,5,14H2,1-4H3,(H2,26,28,29,30)/b25-13+. The lowest BCUT2D eigenvalue weighted by Crippen LogP contribution is -2.28. The van der Waals surface area contributed by atoms with Gasteiger partial charge < -0.3 is 9.47 Å². The number of benzene rings is 2. The summed E-state index contributed by atoms with van der Waals surface area (Å²) in [7, 11) is 0. The fraction of sp³-hybridized carbons (Fsp3) is 0.304. The predicted octanol–water partition coefficient (Wildman–Crippen LogP) is 4.54. The van der Waals surface area contributed by atoms with E-state index in [1.54, 1.807) is 6.21 Å². The highest BCUT2D eigenvalue weighted by Crippen LogP contribution is 2.29. The van der Waals surface area contributed by atoms with E-state index in [4.69, 9.17) is 21.1 Å². The number of nitrogens with zero attached hydrogens (tertiary/aromatic N) is 3. The first-order valence-electron chi connectivity index (χ1n) is 10.2. The minimum Gasteiger partial charge on any atom is -0.490 e. The Bertz CT molecular complexity index is 1150. The Morgan fingerprint density at radius 3 is 2.59 bits per heavy atom. The number of anilines is 1. The largest absolute Gasteiger partial charge is 0.490 e. The molecule has 0 aliphatic rings. The van der Waals surface area contributed by atoms with Crippen molar-refractivity contribution in [3.05, 3.63) is 74.7 Å². The van der Waals surface area contributed by atoms with Crippen molar-refractivity contribution in [1.29, 1.82) is 0 Å². The molecule has 2 N–H and O–H groups in total. The fourth-order valence-electron chi connectivity index (χ4n) is 2.81. The zero-order valence-electron chi connectivity index (χ0n) is 18.5. The number of aromatic amines is 1. The number of ether oxygens (including phenoxy) is 2. The minimum atomic E-state index is -0.395. The summed E-state index contributed by atoms with van der Waals surface area (Å²) in [5.41, 5.74) is 4.01. The molecule has 8 nitrogen and oxygen atoms in total. The molecule has 0 atom stereocenters. The predicted molar refractivity (Wildman–Crippen MR) is 126 cm³/mol. The smallest absolute Gasteiger partial charge is 0.274 e. The highest BCUT2D eigenvalue weighted by Gasteiger charge is 2.20. The van der Waals surface area contributed by atoms with Crippen LogP contribution >= 0.6 is 11.6 Å². The lowest BCUT2D eigenvalue weighted by molar-refractivity contribution is 0.269. The number of aromatic nitrogens is 3. The SMILES string of the molecule is CCOc1cc(/C=N/Nc2nnc(C(C)(C)C)c(=O)[nH]2)ccc1OCc1ccccc1Cl. The average Bonchev–Trinajstić information content (AvgIpc) is 2.73. The quantitative estimate of drug-likeness (QED) is 0.382. The molecule has 0 aliphatic heterocycles. The fourth-order valence-corrected chi connectivity index (χ4v) is 3.00. The van der Waals surface area contributed by atoms with Crippen molar-refractivity contribution < 1.29 is 9.47 Å². The Balaban J connectivity index is 1.70. The monoisotopic (exact) mass is 455 g/mol. The zero-order chi connectivity index (χ0) is 23.1. The van der Waals surface area contributed by atoms with Gasteiger partial charge >= 0.3 is 0 Å². The Morgan fingerprint density at radius 2 is 1.91 bits per heavy atom. The average molecular weight is 456 g/mol. The molecule has 1 aromatic heterocycles. The van der Waals surface area contributed by atoms with E-state index in [1.165, 1.54) is 0 Å². The van der Waals surface area contributed by atoms with Crippen LogP contribution in [-0.4, -0.2) is 28.0 Å². The molecule has 0 aliphatic carbocycles. The van der Waals surface area contributed by atoms with Crippen molar-refractivity contribution in [1.82, 2.24) is 15.2 Å². The maximum atomic E-state index is 12.2. The van der Waals surface area contributed by atoms with Crippen LogP contribution in [0.2, 0.25) is 5.02 Å². The molecule has 0 fully saturated rings. The van der Waals surface area contributed by atoms with Crippen LogP contribution < -0.4 is 20.5 Å². The van der Waals surface area contributed by atoms with Gasteiger partial charge in [0.1, 0.15) is 12.3 Å². The summed E-state index contributed by atoms with van der Waals surface area (Å²) < 4.78 is 11.6. The van der Waals surface area contributed by atoms with Gasteiger partial charge in [0.2, 0.25) is 5.95 Å². The van der Waals surface area contributed by atoms with Crippen LogP contribution in [0.25, 0.3) is 0 Å². The van der Waals surface area contributed by atoms with Crippen molar-refractivity contribution in [2.75, 3.05) is 12.0 Å². The van der Waals surface area contributed by atoms with E-state index in [-0.39, 0.29) is 11.5 Å². The Morgan fingerprint density at radius 1 is 1.12 bits per heavy atom. The molecule has 3 rings (SSSR count). The highest BCUT2D eigenvalue weighted by atomic mass is 35.5. The van der Waals surface area contributed by atoms with Crippen LogP contribution in [-0.2, 0) is 12.0 Å². The second-order valence-electron chi connectivity index (χ2n) is 7.99. The summed E-state index contributed by atoms with van der Waals surface area (Å²) in [5, 5.41) is 12.7. The van der Waals surface area contributed by atoms with Gasteiger partial charge in [-0.2, -0.15) is 5.10 Å². The van der Waals surface area contributed by atoms with Crippen LogP contribution in [0.15, 0.2) is 52.4 Å². The lowest BCUT2D eigenvalue weighted by atomic mass is 9.93. The molecule has 0 amide bonds. The highest BCUT2D eigenvalue weighted by molar-refractivity contribution is 6.31. The molecule has 0 radical (unpaired) electrons. The summed E-state index contributed by atoms with van der Waals surface area (Å²) in [6.45, 7) is 8.40. The molecule has 1 heterocycles. The van der Waals surface area contributed by atoms with E-state index in [9.17, 15) is 4.79 Å². The topological polar surface area (TPSA) is 101 Å². The third-order valence-corrected chi connectivity index (χ3v) is 4.77. The summed E-state index contributed by atoms with van der Waals surface area (Å²) in [4.78, 5) is 14.8. The third kappa shape index (κ3) is 6.07. The van der Waals surface area contributed by atoms with Gasteiger partial charge in [0.15, 0.2) is 11.5 Å². The van der Waals surface area contributed by atoms with Gasteiger partial charge in [0, 0.05) is 16.0 Å². The van der Waals surface area contributed by atoms with Crippen molar-refractivity contribution in [3.63, 3.8) is 0 Å². The molecule has 0 saturated carbocycles. The molecule has 0 saturated heterocycles. The molecular formula is C23H26ClN5O3. The van der Waals surface area contributed by atoms with Gasteiger partial charge in [-0.25, -0.2) is 5.43 Å². The van der Waals surface area contributed by atoms with Crippen molar-refractivity contribution in [3.8, 4) is 11.5 Å². The zero-order valence-corrected chi connectivity index (χ0v) is 19.2. The number of nitrogens with one attached hydrogen (secondary N) is 2. The number of rotatable bonds is 8. The Kier molecular flexibility index (Phi) is 7.48. The van der Waals surface area contributed by atoms with Gasteiger partial charge in [-0.1, -0.05) is 50.6 Å². The van der Waals surface area contributed by atoms with Gasteiger partial charge in [0.25, 0.3) is 5.56 Å². The maximum absolute atomic E-state index is 12.2. The molecule has 0 spiro atoms. The molecule has 9 heteroatoms. The summed E-state index contributed by atoms with van der Waals surface area (Å²) in [5.74, 6) is 1.35. The van der Waals surface area contributed by atoms with Gasteiger partial charge in [-0.15, -0.1) is 10.2 Å². The summed E-state index contributed by atoms with van der Waals surface area (Å²) in [6, 6.07) is 13.0. The van der Waals surface area contributed by atoms with E-state index < -0.39 is 5.41 Å². The van der Waals surface area contributed by atoms with Crippen molar-refractivity contribution in [2.45, 2.75) is 39.7 Å². The van der Waals surface area contributed by atoms with E-state index >= 15 is 0 Å². The summed E-state index contributed by atoms with van der Waals surface area (Å²) >= 11 is 6.20. The first kappa shape index (κ1) is 23.3. The first-order chi connectivity index (χ1) is 15.3. The maximum Gasteiger partial charge on any atom is 0.274 e. The Hall–Kier alpha value is -3.39. The first-order valence-corrected chi connectivity index (χ1v) is 10.6. The lowest BCUT2D eigenvalue weighted by Gasteiger charge is -2.15. The molecule has 3 aromatic rings. The number of hydrazone groups is 1. The molecule has 32 heavy (non-hydrogen) atoms. The number of halogens is 1. The molecular weight excluding hydrogens is 430 g/mol. The number of hydrogen-bond acceptors (Lipinski definition) is 7. The van der Waals surface area contributed by atoms with Crippen LogP contribution in [0.5, 0.6) is 11.5 Å². The second kappa shape index (κ2) is 10.3. The van der Waals surface area contributed by atoms with Crippen LogP contribution in [0.1, 0.15) is 44.5 Å². The van der Waals surface area contributed by atoms with E-state index in [0.717, 1.165) is 11.1 Å². The van der Waals surface area contributed by atoms with E-state index in [0.29, 0.717) is 35.4 Å². The van der Waals surface area contributed by atoms with Gasteiger partial charge in [-0.05, 0) is 36.8 Å². The minimum absolute atomic E-state index is 0.156. The molecule has 0 unspecified atom stereocenters. The Labute approximate surface area is 191 Å². The van der Waals surface area contributed by atoms with Crippen LogP contribution in [0.4, 0.5) is 5.95 Å².